The van der Waals surface area contributed by atoms with Crippen LogP contribution in [-0.2, 0) is 6.54 Å². The molecule has 0 atom stereocenters. The van der Waals surface area contributed by atoms with Gasteiger partial charge in [0.1, 0.15) is 0 Å². The Balaban J connectivity index is 1.60. The second-order valence-electron chi connectivity index (χ2n) is 7.48. The van der Waals surface area contributed by atoms with Gasteiger partial charge in [0.2, 0.25) is 0 Å². The van der Waals surface area contributed by atoms with Crippen LogP contribution in [0.3, 0.4) is 0 Å². The number of benzene rings is 3. The van der Waals surface area contributed by atoms with Crippen molar-refractivity contribution in [2.24, 2.45) is 0 Å². The van der Waals surface area contributed by atoms with Gasteiger partial charge >= 0.3 is 0 Å². The van der Waals surface area contributed by atoms with E-state index in [0.717, 1.165) is 25.3 Å². The molecular weight excluding hydrogens is 342 g/mol. The molecule has 3 heteroatoms. The number of pyridine rings is 1. The number of hydrogen-bond donors (Lipinski definition) is 0. The summed E-state index contributed by atoms with van der Waals surface area (Å²) < 4.78 is 0. The van der Waals surface area contributed by atoms with Crippen LogP contribution in [0.25, 0.3) is 22.0 Å². The van der Waals surface area contributed by atoms with Gasteiger partial charge in [-0.05, 0) is 59.8 Å². The molecule has 1 aromatic heterocycles. The van der Waals surface area contributed by atoms with Crippen LogP contribution in [0.4, 0.5) is 11.4 Å². The van der Waals surface area contributed by atoms with E-state index >= 15 is 0 Å². The summed E-state index contributed by atoms with van der Waals surface area (Å²) in [7, 11) is 2.20. The van der Waals surface area contributed by atoms with Crippen LogP contribution in [0.15, 0.2) is 85.1 Å². The number of rotatable bonds is 2. The van der Waals surface area contributed by atoms with Gasteiger partial charge < -0.3 is 9.80 Å². The summed E-state index contributed by atoms with van der Waals surface area (Å²) in [6.45, 7) is 2.95. The molecule has 28 heavy (non-hydrogen) atoms. The van der Waals surface area contributed by atoms with E-state index in [9.17, 15) is 0 Å². The number of likely N-dealkylation sites (N-methyl/N-ethyl adjacent to an activating group) is 1. The predicted molar refractivity (Wildman–Crippen MR) is 117 cm³/mol. The number of anilines is 2. The van der Waals surface area contributed by atoms with Crippen molar-refractivity contribution in [2.45, 2.75) is 6.54 Å². The Morgan fingerprint density at radius 2 is 1.64 bits per heavy atom. The monoisotopic (exact) mass is 365 g/mol. The summed E-state index contributed by atoms with van der Waals surface area (Å²) in [4.78, 5) is 9.37. The quantitative estimate of drug-likeness (QED) is 0.468. The maximum atomic E-state index is 4.52. The Bertz CT molecular complexity index is 1120. The highest BCUT2D eigenvalue weighted by Crippen LogP contribution is 2.35. The average Bonchev–Trinajstić information content (AvgIpc) is 2.91. The molecule has 0 aliphatic carbocycles. The lowest BCUT2D eigenvalue weighted by atomic mass is 10.0. The maximum Gasteiger partial charge on any atom is 0.0702 e. The number of fused-ring (bicyclic) bond motifs is 2. The van der Waals surface area contributed by atoms with Crippen LogP contribution in [0.5, 0.6) is 0 Å². The lowest BCUT2D eigenvalue weighted by Crippen LogP contribution is -2.26. The highest BCUT2D eigenvalue weighted by Gasteiger charge is 2.20. The van der Waals surface area contributed by atoms with E-state index in [2.05, 4.69) is 88.6 Å². The molecule has 138 valence electrons. The van der Waals surface area contributed by atoms with Crippen LogP contribution in [-0.4, -0.2) is 30.0 Å². The van der Waals surface area contributed by atoms with Crippen molar-refractivity contribution in [2.75, 3.05) is 25.0 Å². The molecule has 1 aliphatic heterocycles. The first-order chi connectivity index (χ1) is 13.8. The summed E-state index contributed by atoms with van der Waals surface area (Å²) in [5.74, 6) is 0. The van der Waals surface area contributed by atoms with Crippen molar-refractivity contribution >= 4 is 22.1 Å². The maximum absolute atomic E-state index is 4.52. The number of aromatic nitrogens is 1. The van der Waals surface area contributed by atoms with Gasteiger partial charge in [-0.2, -0.15) is 0 Å². The Morgan fingerprint density at radius 1 is 0.786 bits per heavy atom. The lowest BCUT2D eigenvalue weighted by Gasteiger charge is -2.25. The first kappa shape index (κ1) is 17.0. The van der Waals surface area contributed by atoms with Crippen molar-refractivity contribution in [1.82, 2.24) is 9.88 Å². The van der Waals surface area contributed by atoms with Gasteiger partial charge in [0.05, 0.1) is 5.69 Å². The summed E-state index contributed by atoms with van der Waals surface area (Å²) in [5.41, 5.74) is 6.08. The largest absolute Gasteiger partial charge is 0.340 e. The number of hydrogen-bond acceptors (Lipinski definition) is 3. The van der Waals surface area contributed by atoms with Gasteiger partial charge in [-0.1, -0.05) is 42.5 Å². The minimum absolute atomic E-state index is 0.945. The standard InChI is InChI=1S/C25H23N3/c1-27-14-15-28(23-11-9-19-6-2-3-7-20(19)17-23)25-12-10-21(16-22(25)18-27)24-8-4-5-13-26-24/h2-13,16-17H,14-15,18H2,1H3. The van der Waals surface area contributed by atoms with Crippen LogP contribution >= 0.6 is 0 Å². The SMILES string of the molecule is CN1CCN(c2ccc3ccccc3c2)c2ccc(-c3ccccn3)cc2C1. The van der Waals surface area contributed by atoms with E-state index in [1.165, 1.54) is 33.3 Å². The van der Waals surface area contributed by atoms with Gasteiger partial charge in [-0.3, -0.25) is 4.98 Å². The molecule has 1 aliphatic rings. The lowest BCUT2D eigenvalue weighted by molar-refractivity contribution is 0.343. The Hall–Kier alpha value is -3.17. The molecule has 3 aromatic carbocycles. The highest BCUT2D eigenvalue weighted by atomic mass is 15.2. The topological polar surface area (TPSA) is 19.4 Å². The zero-order valence-corrected chi connectivity index (χ0v) is 16.0. The van der Waals surface area contributed by atoms with Crippen LogP contribution in [0.1, 0.15) is 5.56 Å². The Kier molecular flexibility index (Phi) is 4.30. The molecular formula is C25H23N3. The van der Waals surface area contributed by atoms with Crippen LogP contribution in [0, 0.1) is 0 Å². The average molecular weight is 365 g/mol. The fourth-order valence-corrected chi connectivity index (χ4v) is 4.04. The summed E-state index contributed by atoms with van der Waals surface area (Å²) >= 11 is 0. The van der Waals surface area contributed by atoms with Crippen molar-refractivity contribution in [3.05, 3.63) is 90.6 Å². The van der Waals surface area contributed by atoms with Crippen molar-refractivity contribution < 1.29 is 0 Å². The van der Waals surface area contributed by atoms with E-state index in [0.29, 0.717) is 0 Å². The second-order valence-corrected chi connectivity index (χ2v) is 7.48. The fourth-order valence-electron chi connectivity index (χ4n) is 4.04. The molecule has 0 saturated carbocycles. The molecule has 2 heterocycles. The molecule has 5 rings (SSSR count). The summed E-state index contributed by atoms with van der Waals surface area (Å²) in [5, 5.41) is 2.56. The molecule has 3 nitrogen and oxygen atoms in total. The van der Waals surface area contributed by atoms with Gasteiger partial charge in [0.15, 0.2) is 0 Å². The zero-order chi connectivity index (χ0) is 18.9. The minimum atomic E-state index is 0.945. The third-order valence-corrected chi connectivity index (χ3v) is 5.52. The minimum Gasteiger partial charge on any atom is -0.340 e. The first-order valence-corrected chi connectivity index (χ1v) is 9.77. The van der Waals surface area contributed by atoms with E-state index in [4.69, 9.17) is 0 Å². The van der Waals surface area contributed by atoms with E-state index in [-0.39, 0.29) is 0 Å². The van der Waals surface area contributed by atoms with Gasteiger partial charge in [-0.15, -0.1) is 0 Å². The van der Waals surface area contributed by atoms with E-state index < -0.39 is 0 Å². The second kappa shape index (κ2) is 7.10. The highest BCUT2D eigenvalue weighted by molar-refractivity contribution is 5.87. The molecule has 0 amide bonds. The van der Waals surface area contributed by atoms with E-state index in [1.807, 2.05) is 18.3 Å². The van der Waals surface area contributed by atoms with Crippen LogP contribution < -0.4 is 4.90 Å². The predicted octanol–water partition coefficient (Wildman–Crippen LogP) is 5.49. The molecule has 0 N–H and O–H groups in total. The van der Waals surface area contributed by atoms with Gasteiger partial charge in [0.25, 0.3) is 0 Å². The third kappa shape index (κ3) is 3.14. The van der Waals surface area contributed by atoms with Gasteiger partial charge in [0, 0.05) is 42.8 Å². The molecule has 0 radical (unpaired) electrons. The summed E-state index contributed by atoms with van der Waals surface area (Å²) in [6.07, 6.45) is 1.86. The zero-order valence-electron chi connectivity index (χ0n) is 16.0. The van der Waals surface area contributed by atoms with Crippen molar-refractivity contribution in [3.63, 3.8) is 0 Å². The smallest absolute Gasteiger partial charge is 0.0702 e. The molecule has 0 spiro atoms. The molecule has 0 fully saturated rings. The summed E-state index contributed by atoms with van der Waals surface area (Å²) in [6, 6.07) is 28.2. The van der Waals surface area contributed by atoms with Crippen LogP contribution in [0.2, 0.25) is 0 Å². The van der Waals surface area contributed by atoms with Crippen molar-refractivity contribution in [3.8, 4) is 11.3 Å². The van der Waals surface area contributed by atoms with E-state index in [1.54, 1.807) is 0 Å². The third-order valence-electron chi connectivity index (χ3n) is 5.52. The van der Waals surface area contributed by atoms with Gasteiger partial charge in [-0.25, -0.2) is 0 Å². The molecule has 4 aromatic rings. The fraction of sp³-hybridized carbons (Fsp3) is 0.160. The Morgan fingerprint density at radius 3 is 2.50 bits per heavy atom. The number of nitrogens with zero attached hydrogens (tertiary/aromatic N) is 3. The molecule has 0 saturated heterocycles. The van der Waals surface area contributed by atoms with Crippen molar-refractivity contribution in [1.29, 1.82) is 0 Å². The molecule has 0 unspecified atom stereocenters. The normalized spacial score (nSPS) is 14.7. The Labute approximate surface area is 165 Å². The first-order valence-electron chi connectivity index (χ1n) is 9.77. The molecule has 0 bridgehead atoms.